The molecule has 0 aliphatic rings. The average Bonchev–Trinajstić information content (AvgIpc) is 2.61. The molecule has 0 saturated heterocycles. The maximum Gasteiger partial charge on any atom is 0.142 e. The van der Waals surface area contributed by atoms with E-state index in [4.69, 9.17) is 4.74 Å². The summed E-state index contributed by atoms with van der Waals surface area (Å²) < 4.78 is 5.94. The maximum absolute atomic E-state index is 5.94. The van der Waals surface area contributed by atoms with E-state index < -0.39 is 0 Å². The van der Waals surface area contributed by atoms with E-state index in [9.17, 15) is 0 Å². The Kier molecular flexibility index (Phi) is 4.67. The van der Waals surface area contributed by atoms with E-state index in [2.05, 4.69) is 22.4 Å². The molecule has 3 aromatic rings. The minimum absolute atomic E-state index is 0.564. The Morgan fingerprint density at radius 2 is 1.50 bits per heavy atom. The highest BCUT2D eigenvalue weighted by Crippen LogP contribution is 2.25. The minimum Gasteiger partial charge on any atom is -0.487 e. The second-order valence-corrected chi connectivity index (χ2v) is 4.98. The van der Waals surface area contributed by atoms with E-state index in [0.29, 0.717) is 6.61 Å². The van der Waals surface area contributed by atoms with E-state index in [-0.39, 0.29) is 0 Å². The van der Waals surface area contributed by atoms with Crippen molar-refractivity contribution >= 4 is 5.69 Å². The Labute approximate surface area is 130 Å². The van der Waals surface area contributed by atoms with Crippen molar-refractivity contribution in [3.05, 3.63) is 90.3 Å². The fourth-order valence-electron chi connectivity index (χ4n) is 2.17. The summed E-state index contributed by atoms with van der Waals surface area (Å²) in [4.78, 5) is 4.03. The zero-order valence-corrected chi connectivity index (χ0v) is 12.3. The predicted molar refractivity (Wildman–Crippen MR) is 88.8 cm³/mol. The molecule has 0 unspecified atom stereocenters. The van der Waals surface area contributed by atoms with Gasteiger partial charge in [0.25, 0.3) is 0 Å². The first-order valence-corrected chi connectivity index (χ1v) is 7.30. The van der Waals surface area contributed by atoms with E-state index >= 15 is 0 Å². The standard InChI is InChI=1S/C19H18N2O/c1-2-6-17(7-3-1)15-22-19-9-5-4-8-18(19)21-14-16-10-12-20-13-11-16/h1-13,21H,14-15H2. The third kappa shape index (κ3) is 3.85. The van der Waals surface area contributed by atoms with Crippen LogP contribution in [-0.4, -0.2) is 4.98 Å². The highest BCUT2D eigenvalue weighted by molar-refractivity contribution is 5.56. The van der Waals surface area contributed by atoms with Crippen LogP contribution >= 0.6 is 0 Å². The normalized spacial score (nSPS) is 10.2. The fourth-order valence-corrected chi connectivity index (χ4v) is 2.17. The van der Waals surface area contributed by atoms with Gasteiger partial charge in [0.1, 0.15) is 12.4 Å². The van der Waals surface area contributed by atoms with Crippen molar-refractivity contribution in [3.63, 3.8) is 0 Å². The van der Waals surface area contributed by atoms with Crippen LogP contribution < -0.4 is 10.1 Å². The molecule has 0 amide bonds. The van der Waals surface area contributed by atoms with Crippen molar-refractivity contribution < 1.29 is 4.74 Å². The second kappa shape index (κ2) is 7.27. The van der Waals surface area contributed by atoms with Crippen LogP contribution in [0.15, 0.2) is 79.1 Å². The molecule has 0 bridgehead atoms. The Morgan fingerprint density at radius 1 is 0.773 bits per heavy atom. The number of pyridine rings is 1. The number of anilines is 1. The molecular weight excluding hydrogens is 272 g/mol. The van der Waals surface area contributed by atoms with Crippen LogP contribution in [0.2, 0.25) is 0 Å². The van der Waals surface area contributed by atoms with E-state index in [1.165, 1.54) is 5.56 Å². The number of aromatic nitrogens is 1. The first-order chi connectivity index (χ1) is 10.9. The predicted octanol–water partition coefficient (Wildman–Crippen LogP) is 4.27. The van der Waals surface area contributed by atoms with Crippen LogP contribution in [0.3, 0.4) is 0 Å². The van der Waals surface area contributed by atoms with Gasteiger partial charge >= 0.3 is 0 Å². The summed E-state index contributed by atoms with van der Waals surface area (Å²) in [7, 11) is 0. The Bertz CT molecular complexity index is 636. The lowest BCUT2D eigenvalue weighted by atomic mass is 10.2. The highest BCUT2D eigenvalue weighted by Gasteiger charge is 2.03. The van der Waals surface area contributed by atoms with Gasteiger partial charge in [-0.25, -0.2) is 0 Å². The number of para-hydroxylation sites is 2. The summed E-state index contributed by atoms with van der Waals surface area (Å²) in [5, 5.41) is 3.41. The molecular formula is C19H18N2O. The molecule has 110 valence electrons. The third-order valence-corrected chi connectivity index (χ3v) is 3.36. The quantitative estimate of drug-likeness (QED) is 0.736. The molecule has 0 fully saturated rings. The van der Waals surface area contributed by atoms with Crippen LogP contribution in [0.25, 0.3) is 0 Å². The van der Waals surface area contributed by atoms with Crippen molar-refractivity contribution in [1.29, 1.82) is 0 Å². The summed E-state index contributed by atoms with van der Waals surface area (Å²) in [6.07, 6.45) is 3.60. The first kappa shape index (κ1) is 14.1. The van der Waals surface area contributed by atoms with Crippen LogP contribution in [0.4, 0.5) is 5.69 Å². The zero-order chi connectivity index (χ0) is 15.0. The summed E-state index contributed by atoms with van der Waals surface area (Å²) in [6, 6.07) is 22.2. The van der Waals surface area contributed by atoms with E-state index in [0.717, 1.165) is 23.5 Å². The number of nitrogens with zero attached hydrogens (tertiary/aromatic N) is 1. The lowest BCUT2D eigenvalue weighted by Gasteiger charge is -2.13. The summed E-state index contributed by atoms with van der Waals surface area (Å²) >= 11 is 0. The fraction of sp³-hybridized carbons (Fsp3) is 0.105. The molecule has 1 heterocycles. The Morgan fingerprint density at radius 3 is 2.32 bits per heavy atom. The average molecular weight is 290 g/mol. The minimum atomic E-state index is 0.564. The smallest absolute Gasteiger partial charge is 0.142 e. The van der Waals surface area contributed by atoms with E-state index in [1.54, 1.807) is 12.4 Å². The molecule has 22 heavy (non-hydrogen) atoms. The molecule has 0 aliphatic heterocycles. The topological polar surface area (TPSA) is 34.1 Å². The molecule has 3 rings (SSSR count). The van der Waals surface area contributed by atoms with Crippen molar-refractivity contribution in [3.8, 4) is 5.75 Å². The van der Waals surface area contributed by atoms with Crippen LogP contribution in [0, 0.1) is 0 Å². The Balaban J connectivity index is 1.65. The third-order valence-electron chi connectivity index (χ3n) is 3.36. The molecule has 3 heteroatoms. The van der Waals surface area contributed by atoms with Crippen molar-refractivity contribution in [2.75, 3.05) is 5.32 Å². The van der Waals surface area contributed by atoms with Crippen molar-refractivity contribution in [2.24, 2.45) is 0 Å². The van der Waals surface area contributed by atoms with Gasteiger partial charge in [-0.05, 0) is 35.4 Å². The second-order valence-electron chi connectivity index (χ2n) is 4.98. The van der Waals surface area contributed by atoms with Gasteiger partial charge in [-0.2, -0.15) is 0 Å². The molecule has 0 atom stereocenters. The maximum atomic E-state index is 5.94. The first-order valence-electron chi connectivity index (χ1n) is 7.30. The largest absolute Gasteiger partial charge is 0.487 e. The number of hydrogen-bond acceptors (Lipinski definition) is 3. The summed E-state index contributed by atoms with van der Waals surface area (Å²) in [5.74, 6) is 0.861. The lowest BCUT2D eigenvalue weighted by molar-refractivity contribution is 0.307. The van der Waals surface area contributed by atoms with Crippen molar-refractivity contribution in [1.82, 2.24) is 4.98 Å². The van der Waals surface area contributed by atoms with Gasteiger partial charge in [-0.15, -0.1) is 0 Å². The van der Waals surface area contributed by atoms with Gasteiger partial charge in [0.2, 0.25) is 0 Å². The lowest BCUT2D eigenvalue weighted by Crippen LogP contribution is -2.03. The molecule has 0 aliphatic carbocycles. The van der Waals surface area contributed by atoms with Gasteiger partial charge in [0.05, 0.1) is 5.69 Å². The molecule has 1 N–H and O–H groups in total. The molecule has 1 aromatic heterocycles. The number of ether oxygens (including phenoxy) is 1. The molecule has 2 aromatic carbocycles. The highest BCUT2D eigenvalue weighted by atomic mass is 16.5. The van der Waals surface area contributed by atoms with Crippen molar-refractivity contribution in [2.45, 2.75) is 13.2 Å². The number of hydrogen-bond donors (Lipinski definition) is 1. The number of rotatable bonds is 6. The van der Waals surface area contributed by atoms with Crippen LogP contribution in [0.1, 0.15) is 11.1 Å². The molecule has 0 saturated carbocycles. The number of nitrogens with one attached hydrogen (secondary N) is 1. The van der Waals surface area contributed by atoms with E-state index in [1.807, 2.05) is 54.6 Å². The summed E-state index contributed by atoms with van der Waals surface area (Å²) in [5.41, 5.74) is 3.34. The van der Waals surface area contributed by atoms with Gasteiger partial charge in [0, 0.05) is 18.9 Å². The number of benzene rings is 2. The summed E-state index contributed by atoms with van der Waals surface area (Å²) in [6.45, 7) is 1.31. The van der Waals surface area contributed by atoms with Gasteiger partial charge in [-0.1, -0.05) is 42.5 Å². The van der Waals surface area contributed by atoms with Crippen LogP contribution in [0.5, 0.6) is 5.75 Å². The monoisotopic (exact) mass is 290 g/mol. The molecule has 3 nitrogen and oxygen atoms in total. The van der Waals surface area contributed by atoms with Crippen LogP contribution in [-0.2, 0) is 13.2 Å². The zero-order valence-electron chi connectivity index (χ0n) is 12.3. The van der Waals surface area contributed by atoms with Gasteiger partial charge in [-0.3, -0.25) is 4.98 Å². The Hall–Kier alpha value is -2.81. The molecule has 0 spiro atoms. The SMILES string of the molecule is c1ccc(COc2ccccc2NCc2ccncc2)cc1. The molecule has 0 radical (unpaired) electrons. The van der Waals surface area contributed by atoms with Gasteiger partial charge in [0.15, 0.2) is 0 Å². The van der Waals surface area contributed by atoms with Gasteiger partial charge < -0.3 is 10.1 Å².